The Kier molecular flexibility index (Phi) is 4.31. The predicted molar refractivity (Wildman–Crippen MR) is 85.6 cm³/mol. The average molecular weight is 300 g/mol. The Morgan fingerprint density at radius 2 is 1.76 bits per heavy atom. The molecule has 1 aliphatic rings. The highest BCUT2D eigenvalue weighted by Crippen LogP contribution is 2.34. The van der Waals surface area contributed by atoms with Crippen molar-refractivity contribution in [2.75, 3.05) is 0 Å². The van der Waals surface area contributed by atoms with Crippen molar-refractivity contribution in [3.05, 3.63) is 41.4 Å². The van der Waals surface area contributed by atoms with E-state index in [0.717, 1.165) is 47.2 Å². The number of halogens is 1. The Labute approximate surface area is 130 Å². The highest BCUT2D eigenvalue weighted by atomic mass is 35.5. The molecular weight excluding hydrogens is 282 g/mol. The summed E-state index contributed by atoms with van der Waals surface area (Å²) in [5.74, 6) is 0.823. The summed E-state index contributed by atoms with van der Waals surface area (Å²) in [7, 11) is 0. The molecule has 0 spiro atoms. The first-order valence-corrected chi connectivity index (χ1v) is 7.91. The molecule has 0 bridgehead atoms. The van der Waals surface area contributed by atoms with Crippen LogP contribution in [-0.2, 0) is 0 Å². The lowest BCUT2D eigenvalue weighted by atomic mass is 9.99. The Morgan fingerprint density at radius 3 is 2.57 bits per heavy atom. The lowest BCUT2D eigenvalue weighted by Gasteiger charge is -2.22. The summed E-state index contributed by atoms with van der Waals surface area (Å²) in [5, 5.41) is 12.1. The minimum Gasteiger partial charge on any atom is -0.488 e. The zero-order chi connectivity index (χ0) is 14.7. The molecule has 1 fully saturated rings. The van der Waals surface area contributed by atoms with Crippen LogP contribution in [-0.4, -0.2) is 6.10 Å². The van der Waals surface area contributed by atoms with Gasteiger partial charge >= 0.3 is 0 Å². The lowest BCUT2D eigenvalue weighted by molar-refractivity contribution is 0.154. The molecule has 2 aromatic carbocycles. The molecule has 1 saturated carbocycles. The van der Waals surface area contributed by atoms with Crippen molar-refractivity contribution in [2.24, 2.45) is 5.92 Å². The second kappa shape index (κ2) is 6.37. The average Bonchev–Trinajstić information content (AvgIpc) is 2.75. The van der Waals surface area contributed by atoms with E-state index < -0.39 is 0 Å². The maximum absolute atomic E-state index is 9.37. The first kappa shape index (κ1) is 14.2. The molecule has 2 atom stereocenters. The molecule has 2 nitrogen and oxygen atoms in total. The molecule has 0 aromatic heterocycles. The molecule has 0 amide bonds. The normalized spacial score (nSPS) is 22.5. The minimum absolute atomic E-state index is 0.0120. The van der Waals surface area contributed by atoms with Gasteiger partial charge in [0.15, 0.2) is 0 Å². The Bertz CT molecular complexity index is 676. The van der Waals surface area contributed by atoms with Crippen molar-refractivity contribution in [1.82, 2.24) is 0 Å². The van der Waals surface area contributed by atoms with Crippen LogP contribution >= 0.6 is 11.6 Å². The molecule has 2 unspecified atom stereocenters. The van der Waals surface area contributed by atoms with Crippen LogP contribution < -0.4 is 4.74 Å². The van der Waals surface area contributed by atoms with Crippen LogP contribution in [0, 0.1) is 17.2 Å². The number of rotatable bonds is 2. The van der Waals surface area contributed by atoms with Gasteiger partial charge in [0.25, 0.3) is 0 Å². The molecule has 21 heavy (non-hydrogen) atoms. The number of ether oxygens (including phenoxy) is 1. The van der Waals surface area contributed by atoms with Gasteiger partial charge in [-0.2, -0.15) is 5.26 Å². The van der Waals surface area contributed by atoms with Crippen molar-refractivity contribution in [3.63, 3.8) is 0 Å². The molecule has 2 aromatic rings. The topological polar surface area (TPSA) is 33.0 Å². The van der Waals surface area contributed by atoms with E-state index in [4.69, 9.17) is 16.3 Å². The maximum Gasteiger partial charge on any atom is 0.127 e. The molecule has 0 heterocycles. The van der Waals surface area contributed by atoms with E-state index >= 15 is 0 Å². The van der Waals surface area contributed by atoms with Crippen LogP contribution in [0.3, 0.4) is 0 Å². The molecule has 0 aliphatic heterocycles. The van der Waals surface area contributed by atoms with Crippen LogP contribution in [0.25, 0.3) is 10.8 Å². The van der Waals surface area contributed by atoms with Crippen LogP contribution in [0.2, 0.25) is 5.02 Å². The van der Waals surface area contributed by atoms with E-state index in [1.54, 1.807) is 0 Å². The summed E-state index contributed by atoms with van der Waals surface area (Å²) in [6.45, 7) is 0. The van der Waals surface area contributed by atoms with Crippen LogP contribution in [0.15, 0.2) is 36.4 Å². The van der Waals surface area contributed by atoms with Crippen LogP contribution in [0.4, 0.5) is 0 Å². The van der Waals surface area contributed by atoms with Gasteiger partial charge in [0.05, 0.1) is 12.0 Å². The summed E-state index contributed by atoms with van der Waals surface area (Å²) in [5.41, 5.74) is 0. The smallest absolute Gasteiger partial charge is 0.127 e. The second-order valence-corrected chi connectivity index (χ2v) is 6.03. The van der Waals surface area contributed by atoms with Crippen molar-refractivity contribution >= 4 is 22.4 Å². The number of benzene rings is 2. The highest BCUT2D eigenvalue weighted by molar-refractivity contribution is 6.35. The van der Waals surface area contributed by atoms with E-state index in [0.29, 0.717) is 0 Å². The van der Waals surface area contributed by atoms with Crippen molar-refractivity contribution in [3.8, 4) is 11.8 Å². The third-order valence-corrected chi connectivity index (χ3v) is 4.56. The van der Waals surface area contributed by atoms with Gasteiger partial charge in [-0.05, 0) is 31.4 Å². The van der Waals surface area contributed by atoms with E-state index in [2.05, 4.69) is 6.07 Å². The number of hydrogen-bond acceptors (Lipinski definition) is 2. The van der Waals surface area contributed by atoms with Gasteiger partial charge in [-0.1, -0.05) is 48.7 Å². The molecular formula is C18H18ClNO. The fraction of sp³-hybridized carbons (Fsp3) is 0.389. The Morgan fingerprint density at radius 1 is 1.00 bits per heavy atom. The van der Waals surface area contributed by atoms with Crippen LogP contribution in [0.1, 0.15) is 32.1 Å². The third-order valence-electron chi connectivity index (χ3n) is 4.23. The summed E-state index contributed by atoms with van der Waals surface area (Å²) >= 11 is 6.25. The van der Waals surface area contributed by atoms with Gasteiger partial charge < -0.3 is 4.74 Å². The fourth-order valence-corrected chi connectivity index (χ4v) is 3.29. The fourth-order valence-electron chi connectivity index (χ4n) is 3.06. The molecule has 3 rings (SSSR count). The predicted octanol–water partition coefficient (Wildman–Crippen LogP) is 5.34. The van der Waals surface area contributed by atoms with Gasteiger partial charge in [-0.3, -0.25) is 0 Å². The Balaban J connectivity index is 1.94. The largest absolute Gasteiger partial charge is 0.488 e. The summed E-state index contributed by atoms with van der Waals surface area (Å²) in [6, 6.07) is 14.2. The molecule has 0 radical (unpaired) electrons. The summed E-state index contributed by atoms with van der Waals surface area (Å²) < 4.78 is 6.23. The van der Waals surface area contributed by atoms with Gasteiger partial charge in [-0.15, -0.1) is 0 Å². The first-order valence-electron chi connectivity index (χ1n) is 7.53. The molecule has 108 valence electrons. The van der Waals surface area contributed by atoms with Gasteiger partial charge in [-0.25, -0.2) is 0 Å². The molecule has 0 N–H and O–H groups in total. The van der Waals surface area contributed by atoms with E-state index in [1.807, 2.05) is 36.4 Å². The molecule has 0 saturated heterocycles. The van der Waals surface area contributed by atoms with Crippen molar-refractivity contribution < 1.29 is 4.74 Å². The first-order chi connectivity index (χ1) is 10.3. The Hall–Kier alpha value is -1.72. The maximum atomic E-state index is 9.37. The third kappa shape index (κ3) is 2.99. The summed E-state index contributed by atoms with van der Waals surface area (Å²) in [4.78, 5) is 0. The lowest BCUT2D eigenvalue weighted by Crippen LogP contribution is -2.25. The van der Waals surface area contributed by atoms with Crippen molar-refractivity contribution in [2.45, 2.75) is 38.2 Å². The zero-order valence-corrected chi connectivity index (χ0v) is 12.6. The van der Waals surface area contributed by atoms with Crippen molar-refractivity contribution in [1.29, 1.82) is 5.26 Å². The number of hydrogen-bond donors (Lipinski definition) is 0. The molecule has 3 heteroatoms. The van der Waals surface area contributed by atoms with Gasteiger partial charge in [0.1, 0.15) is 11.9 Å². The summed E-state index contributed by atoms with van der Waals surface area (Å²) in [6.07, 6.45) is 5.33. The molecule has 1 aliphatic carbocycles. The monoisotopic (exact) mass is 299 g/mol. The zero-order valence-electron chi connectivity index (χ0n) is 11.9. The van der Waals surface area contributed by atoms with Gasteiger partial charge in [0.2, 0.25) is 0 Å². The number of fused-ring (bicyclic) bond motifs is 1. The standard InChI is InChI=1S/C18H18ClNO/c19-16-10-11-18(15-8-5-4-7-14(15)16)21-17-9-3-1-2-6-13(17)12-20/h4-5,7-8,10-11,13,17H,1-3,6,9H2. The number of nitriles is 1. The van der Waals surface area contributed by atoms with E-state index in [-0.39, 0.29) is 12.0 Å². The highest BCUT2D eigenvalue weighted by Gasteiger charge is 2.25. The number of nitrogens with zero attached hydrogens (tertiary/aromatic N) is 1. The van der Waals surface area contributed by atoms with Crippen LogP contribution in [0.5, 0.6) is 5.75 Å². The second-order valence-electron chi connectivity index (χ2n) is 5.62. The van der Waals surface area contributed by atoms with E-state index in [9.17, 15) is 5.26 Å². The quantitative estimate of drug-likeness (QED) is 0.701. The minimum atomic E-state index is -0.0121. The SMILES string of the molecule is N#CC1CCCCCC1Oc1ccc(Cl)c2ccccc12. The van der Waals surface area contributed by atoms with E-state index in [1.165, 1.54) is 6.42 Å². The van der Waals surface area contributed by atoms with Gasteiger partial charge in [0, 0.05) is 15.8 Å².